The molecule has 0 radical (unpaired) electrons. The third kappa shape index (κ3) is 4.55. The van der Waals surface area contributed by atoms with E-state index in [-0.39, 0.29) is 22.9 Å². The van der Waals surface area contributed by atoms with Crippen molar-refractivity contribution < 1.29 is 14.5 Å². The predicted octanol–water partition coefficient (Wildman–Crippen LogP) is 3.52. The van der Waals surface area contributed by atoms with Crippen molar-refractivity contribution in [3.63, 3.8) is 0 Å². The number of nitro groups is 1. The van der Waals surface area contributed by atoms with E-state index in [1.54, 1.807) is 6.92 Å². The lowest BCUT2D eigenvalue weighted by Gasteiger charge is -2.17. The van der Waals surface area contributed by atoms with Crippen molar-refractivity contribution in [3.8, 4) is 5.75 Å². The first kappa shape index (κ1) is 18.7. The van der Waals surface area contributed by atoms with Gasteiger partial charge in [-0.3, -0.25) is 14.9 Å². The number of amides is 1. The summed E-state index contributed by atoms with van der Waals surface area (Å²) in [6.45, 7) is 4.61. The molecule has 1 fully saturated rings. The molecule has 3 rings (SSSR count). The molecular formula is C20H23N3O4. The van der Waals surface area contributed by atoms with Crippen molar-refractivity contribution >= 4 is 17.3 Å². The Morgan fingerprint density at radius 3 is 2.52 bits per heavy atom. The molecule has 0 aliphatic carbocycles. The highest BCUT2D eigenvalue weighted by Gasteiger charge is 2.18. The fraction of sp³-hybridized carbons (Fsp3) is 0.350. The van der Waals surface area contributed by atoms with Crippen molar-refractivity contribution in [2.45, 2.75) is 26.3 Å². The zero-order valence-corrected chi connectivity index (χ0v) is 15.3. The van der Waals surface area contributed by atoms with Gasteiger partial charge in [0.1, 0.15) is 0 Å². The molecule has 7 heteroatoms. The zero-order valence-electron chi connectivity index (χ0n) is 15.3. The van der Waals surface area contributed by atoms with Crippen molar-refractivity contribution in [3.05, 3.63) is 63.7 Å². The molecule has 0 aromatic heterocycles. The predicted molar refractivity (Wildman–Crippen MR) is 103 cm³/mol. The number of anilines is 1. The van der Waals surface area contributed by atoms with Gasteiger partial charge < -0.3 is 15.0 Å². The second-order valence-corrected chi connectivity index (χ2v) is 6.42. The maximum absolute atomic E-state index is 12.4. The smallest absolute Gasteiger partial charge is 0.311 e. The molecule has 1 aliphatic heterocycles. The van der Waals surface area contributed by atoms with Crippen LogP contribution in [0.5, 0.6) is 5.75 Å². The van der Waals surface area contributed by atoms with Crippen LogP contribution in [0, 0.1) is 10.1 Å². The summed E-state index contributed by atoms with van der Waals surface area (Å²) in [5.74, 6) is -0.193. The molecule has 0 bridgehead atoms. The van der Waals surface area contributed by atoms with Crippen LogP contribution in [0.2, 0.25) is 0 Å². The van der Waals surface area contributed by atoms with Gasteiger partial charge in [0.05, 0.1) is 11.5 Å². The minimum atomic E-state index is -0.543. The van der Waals surface area contributed by atoms with E-state index in [0.29, 0.717) is 13.2 Å². The Hall–Kier alpha value is -3.09. The number of hydrogen-bond donors (Lipinski definition) is 1. The van der Waals surface area contributed by atoms with Crippen molar-refractivity contribution in [2.75, 3.05) is 24.6 Å². The lowest BCUT2D eigenvalue weighted by molar-refractivity contribution is -0.385. The van der Waals surface area contributed by atoms with Gasteiger partial charge in [0, 0.05) is 37.0 Å². The molecule has 1 amide bonds. The molecule has 0 saturated carbocycles. The van der Waals surface area contributed by atoms with E-state index in [0.717, 1.165) is 18.7 Å². The highest BCUT2D eigenvalue weighted by Crippen LogP contribution is 2.28. The SMILES string of the molecule is CCOc1ccc(C(=O)NCc2ccc(N3CCCC3)cc2)cc1[N+](=O)[O-]. The fourth-order valence-corrected chi connectivity index (χ4v) is 3.16. The highest BCUT2D eigenvalue weighted by molar-refractivity contribution is 5.95. The molecule has 0 atom stereocenters. The summed E-state index contributed by atoms with van der Waals surface area (Å²) in [4.78, 5) is 25.3. The number of hydrogen-bond acceptors (Lipinski definition) is 5. The average molecular weight is 369 g/mol. The molecule has 1 aliphatic rings. The number of ether oxygens (including phenoxy) is 1. The lowest BCUT2D eigenvalue weighted by Crippen LogP contribution is -2.23. The average Bonchev–Trinajstić information content (AvgIpc) is 3.21. The summed E-state index contributed by atoms with van der Waals surface area (Å²) >= 11 is 0. The molecule has 1 N–H and O–H groups in total. The highest BCUT2D eigenvalue weighted by atomic mass is 16.6. The van der Waals surface area contributed by atoms with Gasteiger partial charge in [0.25, 0.3) is 5.91 Å². The van der Waals surface area contributed by atoms with Gasteiger partial charge in [0.15, 0.2) is 5.75 Å². The molecule has 27 heavy (non-hydrogen) atoms. The molecule has 7 nitrogen and oxygen atoms in total. The minimum Gasteiger partial charge on any atom is -0.487 e. The van der Waals surface area contributed by atoms with Gasteiger partial charge in [-0.25, -0.2) is 0 Å². The Balaban J connectivity index is 1.63. The summed E-state index contributed by atoms with van der Waals surface area (Å²) in [5.41, 5.74) is 2.20. The Bertz CT molecular complexity index is 814. The van der Waals surface area contributed by atoms with Gasteiger partial charge in [-0.15, -0.1) is 0 Å². The third-order valence-corrected chi connectivity index (χ3v) is 4.58. The van der Waals surface area contributed by atoms with Crippen LogP contribution < -0.4 is 15.0 Å². The summed E-state index contributed by atoms with van der Waals surface area (Å²) in [6.07, 6.45) is 2.46. The van der Waals surface area contributed by atoms with Crippen LogP contribution in [0.1, 0.15) is 35.7 Å². The molecule has 1 saturated heterocycles. The van der Waals surface area contributed by atoms with Gasteiger partial charge in [-0.2, -0.15) is 0 Å². The number of nitrogens with zero attached hydrogens (tertiary/aromatic N) is 2. The molecule has 0 unspecified atom stereocenters. The van der Waals surface area contributed by atoms with Crippen LogP contribution in [-0.2, 0) is 6.54 Å². The first-order chi connectivity index (χ1) is 13.1. The number of carbonyl (C=O) groups is 1. The van der Waals surface area contributed by atoms with E-state index in [9.17, 15) is 14.9 Å². The minimum absolute atomic E-state index is 0.163. The largest absolute Gasteiger partial charge is 0.487 e. The maximum atomic E-state index is 12.4. The van der Waals surface area contributed by atoms with Crippen LogP contribution >= 0.6 is 0 Å². The molecule has 2 aromatic carbocycles. The first-order valence-electron chi connectivity index (χ1n) is 9.12. The van der Waals surface area contributed by atoms with E-state index >= 15 is 0 Å². The van der Waals surface area contributed by atoms with Crippen molar-refractivity contribution in [2.24, 2.45) is 0 Å². The quantitative estimate of drug-likeness (QED) is 0.596. The summed E-state index contributed by atoms with van der Waals surface area (Å²) < 4.78 is 5.24. The normalized spacial score (nSPS) is 13.4. The summed E-state index contributed by atoms with van der Waals surface area (Å²) in [6, 6.07) is 12.4. The topological polar surface area (TPSA) is 84.7 Å². The summed E-state index contributed by atoms with van der Waals surface area (Å²) in [5, 5.41) is 14.0. The van der Waals surface area contributed by atoms with Gasteiger partial charge in [-0.05, 0) is 49.6 Å². The second-order valence-electron chi connectivity index (χ2n) is 6.42. The molecule has 1 heterocycles. The molecule has 0 spiro atoms. The lowest BCUT2D eigenvalue weighted by atomic mass is 10.1. The monoisotopic (exact) mass is 369 g/mol. The Labute approximate surface area is 158 Å². The molecular weight excluding hydrogens is 346 g/mol. The number of nitrogens with one attached hydrogen (secondary N) is 1. The Morgan fingerprint density at radius 2 is 1.89 bits per heavy atom. The van der Waals surface area contributed by atoms with Gasteiger partial charge >= 0.3 is 5.69 Å². The van der Waals surface area contributed by atoms with Gasteiger partial charge in [-0.1, -0.05) is 12.1 Å². The second kappa shape index (κ2) is 8.53. The van der Waals surface area contributed by atoms with E-state index in [1.807, 2.05) is 12.1 Å². The van der Waals surface area contributed by atoms with Crippen molar-refractivity contribution in [1.29, 1.82) is 0 Å². The van der Waals surface area contributed by atoms with Crippen LogP contribution in [0.25, 0.3) is 0 Å². The zero-order chi connectivity index (χ0) is 19.2. The van der Waals surface area contributed by atoms with Crippen LogP contribution in [0.4, 0.5) is 11.4 Å². The van der Waals surface area contributed by atoms with E-state index < -0.39 is 4.92 Å². The fourth-order valence-electron chi connectivity index (χ4n) is 3.16. The molecule has 142 valence electrons. The van der Waals surface area contributed by atoms with E-state index in [2.05, 4.69) is 22.3 Å². The van der Waals surface area contributed by atoms with Gasteiger partial charge in [0.2, 0.25) is 0 Å². The maximum Gasteiger partial charge on any atom is 0.311 e. The molecule has 2 aromatic rings. The van der Waals surface area contributed by atoms with E-state index in [1.165, 1.54) is 36.7 Å². The third-order valence-electron chi connectivity index (χ3n) is 4.58. The first-order valence-corrected chi connectivity index (χ1v) is 9.12. The van der Waals surface area contributed by atoms with Crippen LogP contribution in [-0.4, -0.2) is 30.5 Å². The number of rotatable bonds is 7. The van der Waals surface area contributed by atoms with Crippen molar-refractivity contribution in [1.82, 2.24) is 5.32 Å². The number of nitro benzene ring substituents is 1. The Morgan fingerprint density at radius 1 is 1.19 bits per heavy atom. The summed E-state index contributed by atoms with van der Waals surface area (Å²) in [7, 11) is 0. The standard InChI is InChI=1S/C20H23N3O4/c1-2-27-19-10-7-16(13-18(19)23(25)26)20(24)21-14-15-5-8-17(9-6-15)22-11-3-4-12-22/h5-10,13H,2-4,11-12,14H2,1H3,(H,21,24). The van der Waals surface area contributed by atoms with Crippen LogP contribution in [0.3, 0.4) is 0 Å². The number of benzene rings is 2. The number of carbonyl (C=O) groups excluding carboxylic acids is 1. The van der Waals surface area contributed by atoms with Crippen LogP contribution in [0.15, 0.2) is 42.5 Å². The Kier molecular flexibility index (Phi) is 5.90. The van der Waals surface area contributed by atoms with E-state index in [4.69, 9.17) is 4.74 Å².